The van der Waals surface area contributed by atoms with Crippen LogP contribution in [0.15, 0.2) is 12.1 Å². The second-order valence-corrected chi connectivity index (χ2v) is 4.60. The van der Waals surface area contributed by atoms with Crippen LogP contribution in [0.1, 0.15) is 32.8 Å². The molecule has 0 aliphatic rings. The molecule has 2 unspecified atom stereocenters. The van der Waals surface area contributed by atoms with Crippen molar-refractivity contribution in [2.45, 2.75) is 45.8 Å². The molecule has 0 spiro atoms. The van der Waals surface area contributed by atoms with Gasteiger partial charge in [0.2, 0.25) is 0 Å². The first-order valence-corrected chi connectivity index (χ1v) is 6.93. The monoisotopic (exact) mass is 286 g/mol. The first-order chi connectivity index (χ1) is 9.49. The molecule has 0 amide bonds. The Kier molecular flexibility index (Phi) is 6.75. The summed E-state index contributed by atoms with van der Waals surface area (Å²) in [7, 11) is 0. The van der Waals surface area contributed by atoms with Crippen LogP contribution in [-0.2, 0) is 6.42 Å². The van der Waals surface area contributed by atoms with E-state index in [0.717, 1.165) is 0 Å². The summed E-state index contributed by atoms with van der Waals surface area (Å²) < 4.78 is 24.7. The minimum absolute atomic E-state index is 0.286. The quantitative estimate of drug-likeness (QED) is 0.770. The smallest absolute Gasteiger partial charge is 0.164 e. The Morgan fingerprint density at radius 3 is 2.15 bits per heavy atom. The van der Waals surface area contributed by atoms with Crippen LogP contribution in [-0.4, -0.2) is 35.6 Å². The molecule has 1 aromatic rings. The number of rotatable bonds is 8. The summed E-state index contributed by atoms with van der Waals surface area (Å²) in [4.78, 5) is 0. The lowest BCUT2D eigenvalue weighted by molar-refractivity contribution is 0.0264. The van der Waals surface area contributed by atoms with Crippen molar-refractivity contribution in [1.29, 1.82) is 0 Å². The summed E-state index contributed by atoms with van der Waals surface area (Å²) in [6.07, 6.45) is -1.08. The van der Waals surface area contributed by atoms with E-state index in [1.165, 1.54) is 13.0 Å². The average molecular weight is 286 g/mol. The lowest BCUT2D eigenvalue weighted by atomic mass is 10.0. The van der Waals surface area contributed by atoms with Gasteiger partial charge >= 0.3 is 0 Å². The Morgan fingerprint density at radius 1 is 1.10 bits per heavy atom. The number of ether oxygens (including phenoxy) is 2. The highest BCUT2D eigenvalue weighted by atomic mass is 19.1. The van der Waals surface area contributed by atoms with E-state index in [4.69, 9.17) is 9.47 Å². The molecule has 1 aromatic carbocycles. The van der Waals surface area contributed by atoms with Gasteiger partial charge in [0.1, 0.15) is 5.82 Å². The van der Waals surface area contributed by atoms with Gasteiger partial charge in [0.05, 0.1) is 25.4 Å². The Labute approximate surface area is 119 Å². The Hall–Kier alpha value is -1.33. The van der Waals surface area contributed by atoms with Gasteiger partial charge in [0, 0.05) is 6.07 Å². The molecule has 114 valence electrons. The molecule has 0 radical (unpaired) electrons. The molecule has 0 saturated carbocycles. The Balaban J connectivity index is 2.88. The van der Waals surface area contributed by atoms with Crippen LogP contribution in [0.3, 0.4) is 0 Å². The maximum atomic E-state index is 14.0. The molecule has 0 fully saturated rings. The number of benzene rings is 1. The van der Waals surface area contributed by atoms with E-state index in [9.17, 15) is 14.6 Å². The maximum absolute atomic E-state index is 14.0. The molecule has 5 heteroatoms. The van der Waals surface area contributed by atoms with Crippen LogP contribution >= 0.6 is 0 Å². The van der Waals surface area contributed by atoms with Crippen molar-refractivity contribution in [1.82, 2.24) is 0 Å². The molecule has 0 aliphatic heterocycles. The lowest BCUT2D eigenvalue weighted by Gasteiger charge is -2.16. The molecule has 0 bridgehead atoms. The number of aryl methyl sites for hydroxylation is 1. The molecule has 2 atom stereocenters. The van der Waals surface area contributed by atoms with Crippen LogP contribution in [0.2, 0.25) is 0 Å². The van der Waals surface area contributed by atoms with Gasteiger partial charge < -0.3 is 19.7 Å². The zero-order valence-electron chi connectivity index (χ0n) is 12.2. The molecular formula is C15H23FO4. The van der Waals surface area contributed by atoms with Crippen LogP contribution < -0.4 is 9.47 Å². The van der Waals surface area contributed by atoms with Crippen molar-refractivity contribution >= 4 is 0 Å². The highest BCUT2D eigenvalue weighted by Gasteiger charge is 2.15. The van der Waals surface area contributed by atoms with E-state index in [0.29, 0.717) is 36.7 Å². The summed E-state index contributed by atoms with van der Waals surface area (Å²) in [6, 6.07) is 2.90. The van der Waals surface area contributed by atoms with Crippen molar-refractivity contribution in [2.75, 3.05) is 13.2 Å². The summed E-state index contributed by atoms with van der Waals surface area (Å²) in [5.74, 6) is 0.485. The molecule has 4 nitrogen and oxygen atoms in total. The SMILES string of the molecule is CCOc1cc(F)c(CCC(O)C(C)O)cc1OCC. The van der Waals surface area contributed by atoms with Gasteiger partial charge in [0.25, 0.3) is 0 Å². The van der Waals surface area contributed by atoms with Crippen LogP contribution in [0, 0.1) is 5.82 Å². The molecule has 0 aromatic heterocycles. The second-order valence-electron chi connectivity index (χ2n) is 4.60. The maximum Gasteiger partial charge on any atom is 0.164 e. The number of hydrogen-bond acceptors (Lipinski definition) is 4. The molecule has 0 heterocycles. The minimum Gasteiger partial charge on any atom is -0.490 e. The van der Waals surface area contributed by atoms with Crippen molar-refractivity contribution in [3.05, 3.63) is 23.5 Å². The highest BCUT2D eigenvalue weighted by Crippen LogP contribution is 2.31. The zero-order valence-corrected chi connectivity index (χ0v) is 12.2. The molecule has 2 N–H and O–H groups in total. The van der Waals surface area contributed by atoms with Crippen LogP contribution in [0.4, 0.5) is 4.39 Å². The Morgan fingerprint density at radius 2 is 1.65 bits per heavy atom. The van der Waals surface area contributed by atoms with Gasteiger partial charge in [-0.2, -0.15) is 0 Å². The summed E-state index contributed by atoms with van der Waals surface area (Å²) in [5.41, 5.74) is 0.441. The van der Waals surface area contributed by atoms with E-state index < -0.39 is 18.0 Å². The van der Waals surface area contributed by atoms with Crippen LogP contribution in [0.25, 0.3) is 0 Å². The standard InChI is InChI=1S/C15H23FO4/c1-4-19-14-8-11(6-7-13(18)10(3)17)12(16)9-15(14)20-5-2/h8-10,13,17-18H,4-7H2,1-3H3. The van der Waals surface area contributed by atoms with Gasteiger partial charge in [-0.1, -0.05) is 0 Å². The van der Waals surface area contributed by atoms with Crippen molar-refractivity contribution in [2.24, 2.45) is 0 Å². The topological polar surface area (TPSA) is 58.9 Å². The second kappa shape index (κ2) is 8.07. The fraction of sp³-hybridized carbons (Fsp3) is 0.600. The zero-order chi connectivity index (χ0) is 15.1. The first-order valence-electron chi connectivity index (χ1n) is 6.93. The van der Waals surface area contributed by atoms with Gasteiger partial charge in [0.15, 0.2) is 11.5 Å². The molecule has 20 heavy (non-hydrogen) atoms. The van der Waals surface area contributed by atoms with Gasteiger partial charge in [-0.15, -0.1) is 0 Å². The van der Waals surface area contributed by atoms with E-state index in [-0.39, 0.29) is 6.42 Å². The van der Waals surface area contributed by atoms with Crippen molar-refractivity contribution in [3.63, 3.8) is 0 Å². The molecular weight excluding hydrogens is 263 g/mol. The Bertz CT molecular complexity index is 421. The molecule has 0 saturated heterocycles. The predicted molar refractivity (Wildman–Crippen MR) is 74.7 cm³/mol. The normalized spacial score (nSPS) is 13.9. The van der Waals surface area contributed by atoms with Gasteiger partial charge in [-0.3, -0.25) is 0 Å². The number of aliphatic hydroxyl groups is 2. The molecule has 0 aliphatic carbocycles. The first kappa shape index (κ1) is 16.7. The third-order valence-corrected chi connectivity index (χ3v) is 2.98. The number of halogens is 1. The summed E-state index contributed by atoms with van der Waals surface area (Å²) in [5, 5.41) is 18.8. The van der Waals surface area contributed by atoms with Crippen molar-refractivity contribution < 1.29 is 24.1 Å². The molecule has 1 rings (SSSR count). The number of aliphatic hydroxyl groups excluding tert-OH is 2. The third kappa shape index (κ3) is 4.65. The van der Waals surface area contributed by atoms with Crippen LogP contribution in [0.5, 0.6) is 11.5 Å². The summed E-state index contributed by atoms with van der Waals surface area (Å²) >= 11 is 0. The van der Waals surface area contributed by atoms with E-state index in [2.05, 4.69) is 0 Å². The number of hydrogen-bond donors (Lipinski definition) is 2. The predicted octanol–water partition coefficient (Wildman–Crippen LogP) is 2.30. The summed E-state index contributed by atoms with van der Waals surface area (Å²) in [6.45, 7) is 6.06. The fourth-order valence-corrected chi connectivity index (χ4v) is 1.85. The van der Waals surface area contributed by atoms with Gasteiger partial charge in [-0.05, 0) is 45.2 Å². The minimum atomic E-state index is -0.864. The fourth-order valence-electron chi connectivity index (χ4n) is 1.85. The largest absolute Gasteiger partial charge is 0.490 e. The average Bonchev–Trinajstić information content (AvgIpc) is 2.40. The lowest BCUT2D eigenvalue weighted by Crippen LogP contribution is -2.23. The van der Waals surface area contributed by atoms with E-state index in [1.54, 1.807) is 6.07 Å². The third-order valence-electron chi connectivity index (χ3n) is 2.98. The van der Waals surface area contributed by atoms with Crippen molar-refractivity contribution in [3.8, 4) is 11.5 Å². The van der Waals surface area contributed by atoms with E-state index >= 15 is 0 Å². The highest BCUT2D eigenvalue weighted by molar-refractivity contribution is 5.44. The van der Waals surface area contributed by atoms with E-state index in [1.807, 2.05) is 13.8 Å². The van der Waals surface area contributed by atoms with Gasteiger partial charge in [-0.25, -0.2) is 4.39 Å².